The van der Waals surface area contributed by atoms with E-state index in [1.165, 1.54) is 6.08 Å². The van der Waals surface area contributed by atoms with Crippen molar-refractivity contribution in [1.29, 1.82) is 0 Å². The number of phenols is 4. The van der Waals surface area contributed by atoms with Gasteiger partial charge in [-0.2, -0.15) is 0 Å². The molecule has 36 heavy (non-hydrogen) atoms. The number of fused-ring (bicyclic) bond motifs is 2. The highest BCUT2D eigenvalue weighted by Crippen LogP contribution is 2.53. The van der Waals surface area contributed by atoms with E-state index in [0.29, 0.717) is 45.1 Å². The van der Waals surface area contributed by atoms with Crippen LogP contribution < -0.4 is 0 Å². The first-order valence-corrected chi connectivity index (χ1v) is 12.0. The molecule has 0 radical (unpaired) electrons. The van der Waals surface area contributed by atoms with Crippen LogP contribution in [-0.2, 0) is 0 Å². The summed E-state index contributed by atoms with van der Waals surface area (Å²) in [5, 5.41) is 65.7. The summed E-state index contributed by atoms with van der Waals surface area (Å²) in [5.41, 5.74) is 2.95. The van der Waals surface area contributed by atoms with Gasteiger partial charge in [-0.15, -0.1) is 0 Å². The van der Waals surface area contributed by atoms with Gasteiger partial charge in [0.05, 0.1) is 5.56 Å². The third-order valence-electron chi connectivity index (χ3n) is 7.32. The second kappa shape index (κ2) is 8.75. The maximum absolute atomic E-state index is 12.0. The fourth-order valence-electron chi connectivity index (χ4n) is 5.70. The minimum Gasteiger partial charge on any atom is -0.510 e. The molecule has 3 aromatic rings. The molecular weight excluding hydrogens is 460 g/mol. The maximum Gasteiger partial charge on any atom is 0.169 e. The number of rotatable bonds is 4. The van der Waals surface area contributed by atoms with Crippen LogP contribution in [0, 0.1) is 19.8 Å². The van der Waals surface area contributed by atoms with Crippen molar-refractivity contribution in [1.82, 2.24) is 0 Å². The van der Waals surface area contributed by atoms with Gasteiger partial charge >= 0.3 is 0 Å². The number of aliphatic hydroxyl groups is 2. The molecule has 2 atom stereocenters. The van der Waals surface area contributed by atoms with Crippen LogP contribution in [0.15, 0.2) is 17.9 Å². The predicted molar refractivity (Wildman–Crippen MR) is 139 cm³/mol. The van der Waals surface area contributed by atoms with Gasteiger partial charge in [0.1, 0.15) is 23.4 Å². The summed E-state index contributed by atoms with van der Waals surface area (Å²) in [6, 6.07) is 3.55. The Morgan fingerprint density at radius 3 is 1.97 bits per heavy atom. The molecule has 0 heterocycles. The molecule has 3 aromatic carbocycles. The van der Waals surface area contributed by atoms with Gasteiger partial charge in [-0.1, -0.05) is 39.8 Å². The van der Waals surface area contributed by atoms with Gasteiger partial charge in [0, 0.05) is 33.6 Å². The van der Waals surface area contributed by atoms with Crippen LogP contribution in [0.1, 0.15) is 77.7 Å². The number of aryl methyl sites for hydroxylation is 2. The largest absolute Gasteiger partial charge is 0.510 e. The number of phenolic OH excluding ortho intramolecular Hbond substituents is 4. The fraction of sp³-hybridized carbons (Fsp3) is 0.345. The SMILES string of the molecule is Cc1cc2c(c(O)c1-c1c(C)cc3c(C(C)C)c(O)c(O)c(C=O)c3c1O)C=C(O)C(O)C2C(C)C. The fourth-order valence-corrected chi connectivity index (χ4v) is 5.70. The lowest BCUT2D eigenvalue weighted by atomic mass is 9.75. The van der Waals surface area contributed by atoms with Crippen molar-refractivity contribution < 1.29 is 35.4 Å². The standard InChI is InChI=1S/C29H32O7/c1-11(2)20-15-7-13(5)22(25(32)16(15)9-19(31)27(20)34)23-14(6)8-17-21(12(3)4)29(36)26(33)18(10-30)24(17)28(23)35/h7-12,20,27,31-36H,1-6H3. The molecule has 190 valence electrons. The van der Waals surface area contributed by atoms with E-state index in [9.17, 15) is 35.4 Å². The molecule has 6 N–H and O–H groups in total. The number of aliphatic hydroxyl groups excluding tert-OH is 2. The number of hydrogen-bond acceptors (Lipinski definition) is 7. The average molecular weight is 493 g/mol. The first-order valence-electron chi connectivity index (χ1n) is 12.0. The molecule has 0 spiro atoms. The number of aromatic hydroxyl groups is 4. The first-order chi connectivity index (χ1) is 16.8. The highest BCUT2D eigenvalue weighted by atomic mass is 16.3. The highest BCUT2D eigenvalue weighted by molar-refractivity contribution is 6.11. The topological polar surface area (TPSA) is 138 Å². The zero-order valence-electron chi connectivity index (χ0n) is 21.2. The summed E-state index contributed by atoms with van der Waals surface area (Å²) < 4.78 is 0. The van der Waals surface area contributed by atoms with E-state index >= 15 is 0 Å². The molecule has 0 aromatic heterocycles. The lowest BCUT2D eigenvalue weighted by Crippen LogP contribution is -2.28. The van der Waals surface area contributed by atoms with E-state index in [-0.39, 0.29) is 45.6 Å². The number of benzene rings is 3. The van der Waals surface area contributed by atoms with E-state index in [0.717, 1.165) is 0 Å². The van der Waals surface area contributed by atoms with Crippen molar-refractivity contribution in [3.05, 3.63) is 51.3 Å². The third-order valence-corrected chi connectivity index (χ3v) is 7.32. The molecule has 2 unspecified atom stereocenters. The molecule has 1 aliphatic carbocycles. The number of aldehydes is 1. The Bertz CT molecular complexity index is 1450. The summed E-state index contributed by atoms with van der Waals surface area (Å²) in [7, 11) is 0. The van der Waals surface area contributed by atoms with E-state index in [1.807, 2.05) is 33.8 Å². The van der Waals surface area contributed by atoms with Gasteiger partial charge in [-0.3, -0.25) is 4.79 Å². The van der Waals surface area contributed by atoms with Crippen LogP contribution >= 0.6 is 0 Å². The Balaban J connectivity index is 2.14. The Hall–Kier alpha value is -3.71. The second-order valence-electron chi connectivity index (χ2n) is 10.3. The lowest BCUT2D eigenvalue weighted by molar-refractivity contribution is 0.108. The molecule has 0 bridgehead atoms. The second-order valence-corrected chi connectivity index (χ2v) is 10.3. The van der Waals surface area contributed by atoms with Crippen molar-refractivity contribution in [3.8, 4) is 34.1 Å². The summed E-state index contributed by atoms with van der Waals surface area (Å²) in [6.07, 6.45) is 0.621. The van der Waals surface area contributed by atoms with Crippen molar-refractivity contribution in [2.45, 2.75) is 59.5 Å². The molecular formula is C29H32O7. The molecule has 4 rings (SSSR count). The maximum atomic E-state index is 12.0. The normalized spacial score (nSPS) is 17.5. The molecule has 7 heteroatoms. The van der Waals surface area contributed by atoms with Crippen LogP contribution in [0.5, 0.6) is 23.0 Å². The minimum atomic E-state index is -1.10. The van der Waals surface area contributed by atoms with Crippen LogP contribution in [0.2, 0.25) is 0 Å². The molecule has 0 amide bonds. The van der Waals surface area contributed by atoms with Crippen LogP contribution in [0.25, 0.3) is 28.0 Å². The smallest absolute Gasteiger partial charge is 0.169 e. The summed E-state index contributed by atoms with van der Waals surface area (Å²) in [5.74, 6) is -2.46. The highest BCUT2D eigenvalue weighted by Gasteiger charge is 2.36. The Morgan fingerprint density at radius 1 is 0.833 bits per heavy atom. The minimum absolute atomic E-state index is 0.0321. The van der Waals surface area contributed by atoms with Crippen LogP contribution in [-0.4, -0.2) is 43.0 Å². The van der Waals surface area contributed by atoms with Gasteiger partial charge in [-0.25, -0.2) is 0 Å². The Morgan fingerprint density at radius 2 is 1.42 bits per heavy atom. The summed E-state index contributed by atoms with van der Waals surface area (Å²) >= 11 is 0. The van der Waals surface area contributed by atoms with Crippen molar-refractivity contribution in [2.24, 2.45) is 5.92 Å². The predicted octanol–water partition coefficient (Wildman–Crippen LogP) is 5.89. The van der Waals surface area contributed by atoms with Gasteiger partial charge in [0.15, 0.2) is 17.8 Å². The first kappa shape index (κ1) is 25.4. The Kier molecular flexibility index (Phi) is 6.17. The van der Waals surface area contributed by atoms with E-state index in [4.69, 9.17) is 0 Å². The van der Waals surface area contributed by atoms with E-state index in [1.54, 1.807) is 19.9 Å². The van der Waals surface area contributed by atoms with Crippen molar-refractivity contribution >= 4 is 23.1 Å². The van der Waals surface area contributed by atoms with Crippen molar-refractivity contribution in [2.75, 3.05) is 0 Å². The molecule has 7 nitrogen and oxygen atoms in total. The lowest BCUT2D eigenvalue weighted by Gasteiger charge is -2.33. The number of carbonyl (C=O) groups excluding carboxylic acids is 1. The molecule has 0 aliphatic heterocycles. The average Bonchev–Trinajstić information content (AvgIpc) is 2.78. The summed E-state index contributed by atoms with van der Waals surface area (Å²) in [4.78, 5) is 12.0. The van der Waals surface area contributed by atoms with Gasteiger partial charge in [-0.05, 0) is 53.8 Å². The molecule has 0 fully saturated rings. The van der Waals surface area contributed by atoms with Gasteiger partial charge < -0.3 is 30.6 Å². The van der Waals surface area contributed by atoms with E-state index in [2.05, 4.69) is 0 Å². The molecule has 0 saturated heterocycles. The van der Waals surface area contributed by atoms with Gasteiger partial charge in [0.25, 0.3) is 0 Å². The third kappa shape index (κ3) is 3.49. The van der Waals surface area contributed by atoms with Crippen LogP contribution in [0.4, 0.5) is 0 Å². The van der Waals surface area contributed by atoms with E-state index < -0.39 is 23.5 Å². The zero-order chi connectivity index (χ0) is 26.8. The zero-order valence-corrected chi connectivity index (χ0v) is 21.2. The monoisotopic (exact) mass is 492 g/mol. The molecule has 1 aliphatic rings. The summed E-state index contributed by atoms with van der Waals surface area (Å²) in [6.45, 7) is 11.0. The molecule has 0 saturated carbocycles. The van der Waals surface area contributed by atoms with Gasteiger partial charge in [0.2, 0.25) is 0 Å². The quantitative estimate of drug-likeness (QED) is 0.197. The Labute approximate surface area is 209 Å². The number of hydrogen-bond donors (Lipinski definition) is 6. The van der Waals surface area contributed by atoms with Crippen molar-refractivity contribution in [3.63, 3.8) is 0 Å². The number of carbonyl (C=O) groups is 1. The van der Waals surface area contributed by atoms with Crippen LogP contribution in [0.3, 0.4) is 0 Å².